The molecular weight excluding hydrogens is 274 g/mol. The van der Waals surface area contributed by atoms with Crippen LogP contribution < -0.4 is 10.1 Å². The van der Waals surface area contributed by atoms with E-state index in [1.807, 2.05) is 32.0 Å². The van der Waals surface area contributed by atoms with Crippen molar-refractivity contribution in [3.8, 4) is 5.75 Å². The first-order chi connectivity index (χ1) is 9.93. The monoisotopic (exact) mass is 295 g/mol. The van der Waals surface area contributed by atoms with Gasteiger partial charge in [0.05, 0.1) is 19.1 Å². The fourth-order valence-corrected chi connectivity index (χ4v) is 1.73. The van der Waals surface area contributed by atoms with Crippen molar-refractivity contribution in [1.29, 1.82) is 0 Å². The second kappa shape index (κ2) is 8.26. The molecule has 0 radical (unpaired) electrons. The molecule has 0 aliphatic rings. The van der Waals surface area contributed by atoms with Gasteiger partial charge in [0.15, 0.2) is 6.10 Å². The van der Waals surface area contributed by atoms with E-state index in [0.717, 1.165) is 5.56 Å². The second-order valence-corrected chi connectivity index (χ2v) is 4.82. The molecule has 0 heterocycles. The molecule has 1 atom stereocenters. The maximum Gasteiger partial charge on any atom is 0.334 e. The Bertz CT molecular complexity index is 487. The summed E-state index contributed by atoms with van der Waals surface area (Å²) >= 11 is 0. The third-order valence-corrected chi connectivity index (χ3v) is 2.73. The van der Waals surface area contributed by atoms with E-state index < -0.39 is 12.1 Å². The first-order valence-corrected chi connectivity index (χ1v) is 6.71. The fourth-order valence-electron chi connectivity index (χ4n) is 1.73. The van der Waals surface area contributed by atoms with Crippen LogP contribution in [-0.4, -0.2) is 42.8 Å². The molecule has 1 aromatic carbocycles. The number of carboxylic acids is 1. The number of amides is 1. The molecule has 6 heteroatoms. The normalized spacial score (nSPS) is 12.0. The van der Waals surface area contributed by atoms with Gasteiger partial charge in [-0.25, -0.2) is 4.79 Å². The zero-order chi connectivity index (χ0) is 15.8. The van der Waals surface area contributed by atoms with Crippen molar-refractivity contribution in [2.75, 3.05) is 13.7 Å². The molecule has 0 saturated heterocycles. The Morgan fingerprint density at radius 3 is 2.52 bits per heavy atom. The van der Waals surface area contributed by atoms with E-state index in [1.165, 1.54) is 7.11 Å². The Labute approximate surface area is 124 Å². The number of hydrogen-bond acceptors (Lipinski definition) is 4. The summed E-state index contributed by atoms with van der Waals surface area (Å²) < 4.78 is 10.4. The lowest BCUT2D eigenvalue weighted by Gasteiger charge is -2.15. The molecule has 2 N–H and O–H groups in total. The van der Waals surface area contributed by atoms with Crippen molar-refractivity contribution >= 4 is 11.9 Å². The average molecular weight is 295 g/mol. The van der Waals surface area contributed by atoms with Gasteiger partial charge in [0.2, 0.25) is 5.91 Å². The molecule has 1 amide bonds. The van der Waals surface area contributed by atoms with Crippen LogP contribution in [0.25, 0.3) is 0 Å². The van der Waals surface area contributed by atoms with Gasteiger partial charge in [0.25, 0.3) is 0 Å². The van der Waals surface area contributed by atoms with Crippen LogP contribution in [0.1, 0.15) is 19.4 Å². The quantitative estimate of drug-likeness (QED) is 0.753. The lowest BCUT2D eigenvalue weighted by Crippen LogP contribution is -2.38. The minimum absolute atomic E-state index is 0.0130. The van der Waals surface area contributed by atoms with Crippen molar-refractivity contribution in [1.82, 2.24) is 5.32 Å². The number of ether oxygens (including phenoxy) is 2. The van der Waals surface area contributed by atoms with Gasteiger partial charge >= 0.3 is 5.97 Å². The van der Waals surface area contributed by atoms with Gasteiger partial charge in [-0.15, -0.1) is 0 Å². The van der Waals surface area contributed by atoms with Gasteiger partial charge < -0.3 is 19.9 Å². The highest BCUT2D eigenvalue weighted by Crippen LogP contribution is 2.19. The van der Waals surface area contributed by atoms with Gasteiger partial charge in [0.1, 0.15) is 5.75 Å². The number of aliphatic carboxylic acids is 1. The van der Waals surface area contributed by atoms with Crippen LogP contribution in [0.3, 0.4) is 0 Å². The fraction of sp³-hybridized carbons (Fsp3) is 0.467. The van der Waals surface area contributed by atoms with Crippen molar-refractivity contribution in [3.05, 3.63) is 29.8 Å². The van der Waals surface area contributed by atoms with E-state index in [2.05, 4.69) is 5.32 Å². The predicted octanol–water partition coefficient (Wildman–Crippen LogP) is 1.23. The first kappa shape index (κ1) is 17.0. The molecule has 0 aliphatic heterocycles. The highest BCUT2D eigenvalue weighted by molar-refractivity contribution is 5.80. The van der Waals surface area contributed by atoms with E-state index in [9.17, 15) is 9.59 Å². The minimum Gasteiger partial charge on any atom is -0.491 e. The number of benzene rings is 1. The van der Waals surface area contributed by atoms with Gasteiger partial charge in [0, 0.05) is 12.7 Å². The van der Waals surface area contributed by atoms with Gasteiger partial charge in [-0.1, -0.05) is 18.2 Å². The summed E-state index contributed by atoms with van der Waals surface area (Å²) in [5.41, 5.74) is 0.757. The summed E-state index contributed by atoms with van der Waals surface area (Å²) in [5.74, 6) is -0.733. The summed E-state index contributed by atoms with van der Waals surface area (Å²) in [6.07, 6.45) is -0.908. The SMILES string of the molecule is COC(CNC(=O)Cc1ccccc1OC(C)C)C(=O)O. The van der Waals surface area contributed by atoms with Gasteiger partial charge in [-0.05, 0) is 19.9 Å². The lowest BCUT2D eigenvalue weighted by molar-refractivity contribution is -0.148. The summed E-state index contributed by atoms with van der Waals surface area (Å²) in [4.78, 5) is 22.7. The molecule has 1 unspecified atom stereocenters. The van der Waals surface area contributed by atoms with Crippen molar-refractivity contribution < 1.29 is 24.2 Å². The van der Waals surface area contributed by atoms with Crippen molar-refractivity contribution in [2.24, 2.45) is 0 Å². The number of carbonyl (C=O) groups excluding carboxylic acids is 1. The van der Waals surface area contributed by atoms with Crippen LogP contribution in [0.4, 0.5) is 0 Å². The Morgan fingerprint density at radius 2 is 1.95 bits per heavy atom. The topological polar surface area (TPSA) is 84.9 Å². The van der Waals surface area contributed by atoms with Crippen molar-refractivity contribution in [2.45, 2.75) is 32.5 Å². The van der Waals surface area contributed by atoms with E-state index in [1.54, 1.807) is 6.07 Å². The number of carboxylic acid groups (broad SMARTS) is 1. The van der Waals surface area contributed by atoms with Crippen molar-refractivity contribution in [3.63, 3.8) is 0 Å². The van der Waals surface area contributed by atoms with Crippen LogP contribution in [0.5, 0.6) is 5.75 Å². The summed E-state index contributed by atoms with van der Waals surface area (Å²) in [5, 5.41) is 11.4. The molecule has 1 aromatic rings. The molecule has 0 aliphatic carbocycles. The third-order valence-electron chi connectivity index (χ3n) is 2.73. The predicted molar refractivity (Wildman–Crippen MR) is 77.4 cm³/mol. The summed E-state index contributed by atoms with van der Waals surface area (Å²) in [6.45, 7) is 3.75. The maximum atomic E-state index is 11.9. The largest absolute Gasteiger partial charge is 0.491 e. The Kier molecular flexibility index (Phi) is 6.68. The van der Waals surface area contributed by atoms with E-state index >= 15 is 0 Å². The lowest BCUT2D eigenvalue weighted by atomic mass is 10.1. The summed E-state index contributed by atoms with van der Waals surface area (Å²) in [7, 11) is 1.29. The van der Waals surface area contributed by atoms with E-state index in [0.29, 0.717) is 5.75 Å². The molecule has 116 valence electrons. The highest BCUT2D eigenvalue weighted by Gasteiger charge is 2.17. The first-order valence-electron chi connectivity index (χ1n) is 6.71. The molecular formula is C15H21NO5. The van der Waals surface area contributed by atoms with Crippen LogP contribution in [0, 0.1) is 0 Å². The van der Waals surface area contributed by atoms with Crippen LogP contribution >= 0.6 is 0 Å². The minimum atomic E-state index is -1.11. The van der Waals surface area contributed by atoms with E-state index in [4.69, 9.17) is 14.6 Å². The number of rotatable bonds is 8. The standard InChI is InChI=1S/C15H21NO5/c1-10(2)21-12-7-5-4-6-11(12)8-14(17)16-9-13(20-3)15(18)19/h4-7,10,13H,8-9H2,1-3H3,(H,16,17)(H,18,19). The van der Waals surface area contributed by atoms with Crippen LogP contribution in [0.15, 0.2) is 24.3 Å². The smallest absolute Gasteiger partial charge is 0.334 e. The Hall–Kier alpha value is -2.08. The van der Waals surface area contributed by atoms with Crippen LogP contribution in [0.2, 0.25) is 0 Å². The molecule has 0 saturated carbocycles. The zero-order valence-electron chi connectivity index (χ0n) is 12.5. The number of para-hydroxylation sites is 1. The molecule has 0 spiro atoms. The summed E-state index contributed by atoms with van der Waals surface area (Å²) in [6, 6.07) is 7.27. The number of hydrogen-bond donors (Lipinski definition) is 2. The van der Waals surface area contributed by atoms with Gasteiger partial charge in [-0.3, -0.25) is 4.79 Å². The Morgan fingerprint density at radius 1 is 1.29 bits per heavy atom. The number of carbonyl (C=O) groups is 2. The molecule has 0 bridgehead atoms. The molecule has 1 rings (SSSR count). The maximum absolute atomic E-state index is 11.9. The third kappa shape index (κ3) is 5.83. The molecule has 21 heavy (non-hydrogen) atoms. The molecule has 0 aromatic heterocycles. The van der Waals surface area contributed by atoms with Crippen LogP contribution in [-0.2, 0) is 20.7 Å². The number of methoxy groups -OCH3 is 1. The zero-order valence-corrected chi connectivity index (χ0v) is 12.5. The highest BCUT2D eigenvalue weighted by atomic mass is 16.5. The Balaban J connectivity index is 2.60. The number of nitrogens with one attached hydrogen (secondary N) is 1. The van der Waals surface area contributed by atoms with E-state index in [-0.39, 0.29) is 25.0 Å². The second-order valence-electron chi connectivity index (χ2n) is 4.82. The average Bonchev–Trinajstić information content (AvgIpc) is 2.40. The molecule has 0 fully saturated rings. The van der Waals surface area contributed by atoms with Gasteiger partial charge in [-0.2, -0.15) is 0 Å². The molecule has 6 nitrogen and oxygen atoms in total.